The number of carbonyl (C=O) groups excluding carboxylic acids is 1. The fraction of sp³-hybridized carbons (Fsp3) is 0.286. The van der Waals surface area contributed by atoms with Gasteiger partial charge in [-0.25, -0.2) is 4.98 Å². The Balaban J connectivity index is 2.26. The van der Waals surface area contributed by atoms with Crippen molar-refractivity contribution in [2.75, 3.05) is 0 Å². The highest BCUT2D eigenvalue weighted by Gasteiger charge is 2.09. The molecule has 0 aliphatic heterocycles. The molecule has 0 bridgehead atoms. The highest BCUT2D eigenvalue weighted by molar-refractivity contribution is 9.10. The fourth-order valence-electron chi connectivity index (χ4n) is 1.85. The molecule has 0 saturated heterocycles. The standard InChI is InChI=1S/C14H15BrN2O/c1-9(18)6-7-13-16-10(2)14(17-13)11-4-3-5-12(15)8-11/h3-5,8H,6-7H2,1-2H3,(H,16,17). The average molecular weight is 307 g/mol. The molecule has 0 spiro atoms. The third-order valence-corrected chi connectivity index (χ3v) is 3.24. The van der Waals surface area contributed by atoms with E-state index in [0.717, 1.165) is 27.2 Å². The van der Waals surface area contributed by atoms with E-state index in [1.165, 1.54) is 0 Å². The van der Waals surface area contributed by atoms with Gasteiger partial charge in [0, 0.05) is 28.6 Å². The van der Waals surface area contributed by atoms with Gasteiger partial charge in [-0.2, -0.15) is 0 Å². The second-order valence-corrected chi connectivity index (χ2v) is 5.29. The zero-order valence-electron chi connectivity index (χ0n) is 10.5. The van der Waals surface area contributed by atoms with Gasteiger partial charge in [0.25, 0.3) is 0 Å². The van der Waals surface area contributed by atoms with Crippen molar-refractivity contribution >= 4 is 21.7 Å². The Labute approximate surface area is 115 Å². The maximum Gasteiger partial charge on any atom is 0.130 e. The maximum absolute atomic E-state index is 11.0. The minimum atomic E-state index is 0.188. The van der Waals surface area contributed by atoms with Gasteiger partial charge in [-0.1, -0.05) is 28.1 Å². The first-order valence-electron chi connectivity index (χ1n) is 5.87. The van der Waals surface area contributed by atoms with Crippen molar-refractivity contribution in [2.45, 2.75) is 26.7 Å². The molecule has 2 rings (SSSR count). The third kappa shape index (κ3) is 3.07. The summed E-state index contributed by atoms with van der Waals surface area (Å²) in [7, 11) is 0. The maximum atomic E-state index is 11.0. The first-order chi connectivity index (χ1) is 8.56. The topological polar surface area (TPSA) is 45.8 Å². The predicted molar refractivity (Wildman–Crippen MR) is 75.5 cm³/mol. The van der Waals surface area contributed by atoms with Crippen LogP contribution in [0.3, 0.4) is 0 Å². The summed E-state index contributed by atoms with van der Waals surface area (Å²) in [4.78, 5) is 18.8. The predicted octanol–water partition coefficient (Wildman–Crippen LogP) is 3.67. The molecule has 0 aliphatic carbocycles. The van der Waals surface area contributed by atoms with Crippen molar-refractivity contribution in [1.82, 2.24) is 9.97 Å². The zero-order chi connectivity index (χ0) is 13.1. The van der Waals surface area contributed by atoms with E-state index < -0.39 is 0 Å². The molecule has 0 atom stereocenters. The molecular weight excluding hydrogens is 292 g/mol. The number of aryl methyl sites for hydroxylation is 2. The Morgan fingerprint density at radius 2 is 2.22 bits per heavy atom. The van der Waals surface area contributed by atoms with Crippen LogP contribution in [0.25, 0.3) is 11.3 Å². The molecule has 0 amide bonds. The summed E-state index contributed by atoms with van der Waals surface area (Å²) in [6.07, 6.45) is 1.20. The molecule has 94 valence electrons. The smallest absolute Gasteiger partial charge is 0.130 e. The van der Waals surface area contributed by atoms with Gasteiger partial charge in [0.05, 0.1) is 5.69 Å². The van der Waals surface area contributed by atoms with Crippen LogP contribution in [-0.4, -0.2) is 15.8 Å². The summed E-state index contributed by atoms with van der Waals surface area (Å²) >= 11 is 3.46. The molecule has 18 heavy (non-hydrogen) atoms. The van der Waals surface area contributed by atoms with E-state index in [2.05, 4.69) is 25.9 Å². The number of Topliss-reactive ketones (excluding diaryl/α,β-unsaturated/α-hetero) is 1. The Morgan fingerprint density at radius 1 is 1.44 bits per heavy atom. The van der Waals surface area contributed by atoms with E-state index in [9.17, 15) is 4.79 Å². The van der Waals surface area contributed by atoms with Crippen LogP contribution in [0.4, 0.5) is 0 Å². The lowest BCUT2D eigenvalue weighted by atomic mass is 10.1. The second-order valence-electron chi connectivity index (χ2n) is 4.37. The summed E-state index contributed by atoms with van der Waals surface area (Å²) in [5.74, 6) is 1.06. The molecular formula is C14H15BrN2O. The molecule has 4 heteroatoms. The van der Waals surface area contributed by atoms with Gasteiger partial charge in [-0.15, -0.1) is 0 Å². The molecule has 1 heterocycles. The number of nitrogens with one attached hydrogen (secondary N) is 1. The van der Waals surface area contributed by atoms with Crippen molar-refractivity contribution in [3.8, 4) is 11.3 Å². The third-order valence-electron chi connectivity index (χ3n) is 2.75. The van der Waals surface area contributed by atoms with E-state index >= 15 is 0 Å². The lowest BCUT2D eigenvalue weighted by Crippen LogP contribution is -1.95. The number of H-pyrrole nitrogens is 1. The van der Waals surface area contributed by atoms with Crippen LogP contribution in [-0.2, 0) is 11.2 Å². The summed E-state index contributed by atoms with van der Waals surface area (Å²) in [6, 6.07) is 8.05. The quantitative estimate of drug-likeness (QED) is 0.936. The highest BCUT2D eigenvalue weighted by atomic mass is 79.9. The van der Waals surface area contributed by atoms with Crippen LogP contribution in [0.1, 0.15) is 24.9 Å². The van der Waals surface area contributed by atoms with Crippen molar-refractivity contribution in [3.05, 3.63) is 40.3 Å². The van der Waals surface area contributed by atoms with E-state index in [-0.39, 0.29) is 5.78 Å². The largest absolute Gasteiger partial charge is 0.346 e. The number of hydrogen-bond donors (Lipinski definition) is 1. The summed E-state index contributed by atoms with van der Waals surface area (Å²) in [6.45, 7) is 3.60. The number of halogens is 1. The van der Waals surface area contributed by atoms with Gasteiger partial charge >= 0.3 is 0 Å². The lowest BCUT2D eigenvalue weighted by molar-refractivity contribution is -0.117. The highest BCUT2D eigenvalue weighted by Crippen LogP contribution is 2.24. The number of nitrogens with zero attached hydrogens (tertiary/aromatic N) is 1. The SMILES string of the molecule is CC(=O)CCc1nc(-c2cccc(Br)c2)c(C)[nH]1. The molecule has 0 aliphatic rings. The van der Waals surface area contributed by atoms with Crippen LogP contribution < -0.4 is 0 Å². The molecule has 2 aromatic rings. The number of aromatic nitrogens is 2. The number of hydrogen-bond acceptors (Lipinski definition) is 2. The van der Waals surface area contributed by atoms with Crippen molar-refractivity contribution in [1.29, 1.82) is 0 Å². The molecule has 1 aromatic heterocycles. The normalized spacial score (nSPS) is 10.6. The lowest BCUT2D eigenvalue weighted by Gasteiger charge is -1.98. The van der Waals surface area contributed by atoms with Crippen LogP contribution in [0, 0.1) is 6.92 Å². The minimum Gasteiger partial charge on any atom is -0.346 e. The van der Waals surface area contributed by atoms with E-state index in [0.29, 0.717) is 12.8 Å². The van der Waals surface area contributed by atoms with Crippen molar-refractivity contribution in [3.63, 3.8) is 0 Å². The number of benzene rings is 1. The molecule has 1 N–H and O–H groups in total. The van der Waals surface area contributed by atoms with Gasteiger partial charge in [0.15, 0.2) is 0 Å². The number of imidazole rings is 1. The van der Waals surface area contributed by atoms with E-state index in [1.807, 2.05) is 31.2 Å². The monoisotopic (exact) mass is 306 g/mol. The Kier molecular flexibility index (Phi) is 3.97. The van der Waals surface area contributed by atoms with Crippen molar-refractivity contribution < 1.29 is 4.79 Å². The minimum absolute atomic E-state index is 0.188. The number of aromatic amines is 1. The fourth-order valence-corrected chi connectivity index (χ4v) is 2.25. The second kappa shape index (κ2) is 5.48. The number of ketones is 1. The Hall–Kier alpha value is -1.42. The van der Waals surface area contributed by atoms with Crippen molar-refractivity contribution in [2.24, 2.45) is 0 Å². The van der Waals surface area contributed by atoms with Gasteiger partial charge in [0.2, 0.25) is 0 Å². The van der Waals surface area contributed by atoms with Gasteiger partial charge in [0.1, 0.15) is 11.6 Å². The molecule has 0 saturated carbocycles. The molecule has 0 radical (unpaired) electrons. The van der Waals surface area contributed by atoms with Gasteiger partial charge < -0.3 is 9.78 Å². The Morgan fingerprint density at radius 3 is 2.89 bits per heavy atom. The summed E-state index contributed by atoms with van der Waals surface area (Å²) in [5.41, 5.74) is 3.06. The van der Waals surface area contributed by atoms with Crippen LogP contribution >= 0.6 is 15.9 Å². The number of rotatable bonds is 4. The number of carbonyl (C=O) groups is 1. The first kappa shape index (κ1) is 13.0. The first-order valence-corrected chi connectivity index (χ1v) is 6.66. The molecule has 0 unspecified atom stereocenters. The van der Waals surface area contributed by atoms with Gasteiger partial charge in [-0.05, 0) is 26.0 Å². The van der Waals surface area contributed by atoms with Crippen LogP contribution in [0.5, 0.6) is 0 Å². The molecule has 3 nitrogen and oxygen atoms in total. The summed E-state index contributed by atoms with van der Waals surface area (Å²) in [5, 5.41) is 0. The summed E-state index contributed by atoms with van der Waals surface area (Å²) < 4.78 is 1.03. The molecule has 0 fully saturated rings. The Bertz CT molecular complexity index is 575. The van der Waals surface area contributed by atoms with E-state index in [4.69, 9.17) is 0 Å². The van der Waals surface area contributed by atoms with Crippen LogP contribution in [0.2, 0.25) is 0 Å². The zero-order valence-corrected chi connectivity index (χ0v) is 12.0. The van der Waals surface area contributed by atoms with E-state index in [1.54, 1.807) is 6.92 Å². The van der Waals surface area contributed by atoms with Crippen LogP contribution in [0.15, 0.2) is 28.7 Å². The molecule has 1 aromatic carbocycles. The average Bonchev–Trinajstić information content (AvgIpc) is 2.68. The van der Waals surface area contributed by atoms with Gasteiger partial charge in [-0.3, -0.25) is 0 Å².